The second-order valence-electron chi connectivity index (χ2n) is 8.44. The van der Waals surface area contributed by atoms with Crippen molar-refractivity contribution < 1.29 is 0 Å². The van der Waals surface area contributed by atoms with Crippen molar-refractivity contribution in [2.24, 2.45) is 0 Å². The molecule has 0 aromatic carbocycles. The molecular formula is C22H29N7OS. The lowest BCUT2D eigenvalue weighted by molar-refractivity contribution is 0.148. The summed E-state index contributed by atoms with van der Waals surface area (Å²) in [6, 6.07) is 4.27. The molecule has 9 heteroatoms. The van der Waals surface area contributed by atoms with Gasteiger partial charge in [-0.15, -0.1) is 0 Å². The molecule has 2 aliphatic rings. The van der Waals surface area contributed by atoms with Gasteiger partial charge in [0.25, 0.3) is 5.56 Å². The monoisotopic (exact) mass is 439 g/mol. The van der Waals surface area contributed by atoms with E-state index in [9.17, 15) is 4.79 Å². The zero-order valence-corrected chi connectivity index (χ0v) is 18.8. The van der Waals surface area contributed by atoms with E-state index in [0.717, 1.165) is 72.3 Å². The van der Waals surface area contributed by atoms with Crippen LogP contribution in [0.4, 0.5) is 5.82 Å². The Hall–Kier alpha value is -2.39. The van der Waals surface area contributed by atoms with Crippen molar-refractivity contribution in [2.75, 3.05) is 30.7 Å². The van der Waals surface area contributed by atoms with E-state index in [0.29, 0.717) is 12.6 Å². The molecule has 31 heavy (non-hydrogen) atoms. The molecular weight excluding hydrogens is 410 g/mol. The van der Waals surface area contributed by atoms with Gasteiger partial charge in [0.2, 0.25) is 0 Å². The van der Waals surface area contributed by atoms with Gasteiger partial charge in [-0.2, -0.15) is 22.0 Å². The zero-order valence-electron chi connectivity index (χ0n) is 18.0. The molecule has 164 valence electrons. The average Bonchev–Trinajstić information content (AvgIpc) is 3.17. The molecule has 5 rings (SSSR count). The molecule has 1 N–H and O–H groups in total. The molecule has 1 atom stereocenters. The molecule has 8 nitrogen and oxygen atoms in total. The van der Waals surface area contributed by atoms with Gasteiger partial charge < -0.3 is 5.32 Å². The summed E-state index contributed by atoms with van der Waals surface area (Å²) in [7, 11) is 0. The molecule has 1 saturated heterocycles. The highest BCUT2D eigenvalue weighted by Gasteiger charge is 2.23. The van der Waals surface area contributed by atoms with Crippen molar-refractivity contribution in [1.82, 2.24) is 29.3 Å². The minimum atomic E-state index is 0.0277. The average molecular weight is 440 g/mol. The van der Waals surface area contributed by atoms with Gasteiger partial charge in [0, 0.05) is 49.8 Å². The van der Waals surface area contributed by atoms with Crippen LogP contribution in [0.2, 0.25) is 0 Å². The van der Waals surface area contributed by atoms with Crippen LogP contribution in [0.15, 0.2) is 29.3 Å². The number of likely N-dealkylation sites (tertiary alicyclic amines) is 1. The molecule has 1 fully saturated rings. The fraction of sp³-hybridized carbons (Fsp3) is 0.545. The summed E-state index contributed by atoms with van der Waals surface area (Å²) < 4.78 is 3.54. The van der Waals surface area contributed by atoms with Gasteiger partial charge in [0.15, 0.2) is 5.82 Å². The summed E-state index contributed by atoms with van der Waals surface area (Å²) in [5.41, 5.74) is 4.24. The second-order valence-corrected chi connectivity index (χ2v) is 9.54. The predicted octanol–water partition coefficient (Wildman–Crippen LogP) is 2.35. The van der Waals surface area contributed by atoms with Crippen molar-refractivity contribution >= 4 is 23.1 Å². The maximum atomic E-state index is 12.5. The quantitative estimate of drug-likeness (QED) is 0.631. The van der Waals surface area contributed by atoms with Crippen LogP contribution < -0.4 is 10.9 Å². The molecule has 0 saturated carbocycles. The first-order valence-electron chi connectivity index (χ1n) is 11.1. The van der Waals surface area contributed by atoms with E-state index in [-0.39, 0.29) is 5.56 Å². The van der Waals surface area contributed by atoms with Gasteiger partial charge in [0.1, 0.15) is 5.52 Å². The second kappa shape index (κ2) is 9.00. The molecule has 2 aliphatic heterocycles. The lowest BCUT2D eigenvalue weighted by atomic mass is 10.0. The number of aromatic nitrogens is 5. The number of aryl methyl sites for hydroxylation is 2. The first kappa shape index (κ1) is 20.5. The molecule has 0 spiro atoms. The molecule has 0 aliphatic carbocycles. The van der Waals surface area contributed by atoms with E-state index < -0.39 is 0 Å². The number of fused-ring (bicyclic) bond motifs is 2. The smallest absolute Gasteiger partial charge is 0.267 e. The van der Waals surface area contributed by atoms with E-state index in [1.807, 2.05) is 29.4 Å². The number of piperidine rings is 1. The predicted molar refractivity (Wildman–Crippen MR) is 124 cm³/mol. The Labute approximate surface area is 186 Å². The fourth-order valence-corrected chi connectivity index (χ4v) is 5.57. The highest BCUT2D eigenvalue weighted by Crippen LogP contribution is 2.22. The summed E-state index contributed by atoms with van der Waals surface area (Å²) >= 11 is 1.88. The maximum absolute atomic E-state index is 12.5. The minimum Gasteiger partial charge on any atom is -0.367 e. The van der Waals surface area contributed by atoms with E-state index in [4.69, 9.17) is 0 Å². The van der Waals surface area contributed by atoms with Crippen LogP contribution in [0.1, 0.15) is 36.2 Å². The third-order valence-corrected chi connectivity index (χ3v) is 7.28. The van der Waals surface area contributed by atoms with Crippen LogP contribution >= 0.6 is 11.8 Å². The summed E-state index contributed by atoms with van der Waals surface area (Å²) in [6.07, 6.45) is 8.22. The first-order valence-corrected chi connectivity index (χ1v) is 12.3. The van der Waals surface area contributed by atoms with Crippen LogP contribution in [0, 0.1) is 6.92 Å². The SMILES string of the molecule is Cc1cc2c(NCC3CCCCN3CCn3nc4c(cc3=O)CSCC4)nccn2n1. The Bertz CT molecular complexity index is 1120. The summed E-state index contributed by atoms with van der Waals surface area (Å²) in [4.78, 5) is 19.6. The summed E-state index contributed by atoms with van der Waals surface area (Å²) in [5.74, 6) is 2.88. The molecule has 0 radical (unpaired) electrons. The Balaban J connectivity index is 1.25. The number of anilines is 1. The molecule has 3 aromatic heterocycles. The largest absolute Gasteiger partial charge is 0.367 e. The molecule has 1 unspecified atom stereocenters. The third-order valence-electron chi connectivity index (χ3n) is 6.27. The van der Waals surface area contributed by atoms with Gasteiger partial charge >= 0.3 is 0 Å². The number of hydrogen-bond donors (Lipinski definition) is 1. The van der Waals surface area contributed by atoms with Crippen LogP contribution in [0.5, 0.6) is 0 Å². The van der Waals surface area contributed by atoms with Crippen molar-refractivity contribution in [3.8, 4) is 0 Å². The molecule has 3 aromatic rings. The molecule has 0 bridgehead atoms. The van der Waals surface area contributed by atoms with Crippen LogP contribution in [-0.4, -0.2) is 60.7 Å². The molecule has 5 heterocycles. The van der Waals surface area contributed by atoms with Crippen LogP contribution in [-0.2, 0) is 18.7 Å². The summed E-state index contributed by atoms with van der Waals surface area (Å²) in [5, 5.41) is 12.7. The van der Waals surface area contributed by atoms with Crippen LogP contribution in [0.3, 0.4) is 0 Å². The van der Waals surface area contributed by atoms with E-state index in [1.54, 1.807) is 16.9 Å². The van der Waals surface area contributed by atoms with Crippen molar-refractivity contribution in [3.63, 3.8) is 0 Å². The lowest BCUT2D eigenvalue weighted by Crippen LogP contribution is -2.46. The van der Waals surface area contributed by atoms with E-state index in [1.165, 1.54) is 12.8 Å². The van der Waals surface area contributed by atoms with Crippen molar-refractivity contribution in [1.29, 1.82) is 0 Å². The highest BCUT2D eigenvalue weighted by atomic mass is 32.2. The van der Waals surface area contributed by atoms with Crippen LogP contribution in [0.25, 0.3) is 5.52 Å². The zero-order chi connectivity index (χ0) is 21.2. The van der Waals surface area contributed by atoms with Gasteiger partial charge in [-0.3, -0.25) is 9.69 Å². The third kappa shape index (κ3) is 4.48. The fourth-order valence-electron chi connectivity index (χ4n) is 4.62. The Morgan fingerprint density at radius 1 is 1.23 bits per heavy atom. The number of nitrogens with one attached hydrogen (secondary N) is 1. The van der Waals surface area contributed by atoms with Gasteiger partial charge in [-0.05, 0) is 43.7 Å². The van der Waals surface area contributed by atoms with Gasteiger partial charge in [-0.1, -0.05) is 6.42 Å². The Kier molecular flexibility index (Phi) is 5.95. The number of rotatable bonds is 6. The first-order chi connectivity index (χ1) is 15.2. The highest BCUT2D eigenvalue weighted by molar-refractivity contribution is 7.98. The number of nitrogens with zero attached hydrogens (tertiary/aromatic N) is 6. The summed E-state index contributed by atoms with van der Waals surface area (Å²) in [6.45, 7) is 5.38. The normalized spacial score (nSPS) is 19.5. The van der Waals surface area contributed by atoms with Crippen molar-refractivity contribution in [3.05, 3.63) is 51.8 Å². The van der Waals surface area contributed by atoms with E-state index in [2.05, 4.69) is 31.5 Å². The van der Waals surface area contributed by atoms with Crippen molar-refractivity contribution in [2.45, 2.75) is 50.9 Å². The Morgan fingerprint density at radius 3 is 3.10 bits per heavy atom. The van der Waals surface area contributed by atoms with Gasteiger partial charge in [0.05, 0.1) is 17.9 Å². The van der Waals surface area contributed by atoms with Gasteiger partial charge in [-0.25, -0.2) is 14.2 Å². The number of hydrogen-bond acceptors (Lipinski definition) is 7. The van der Waals surface area contributed by atoms with E-state index >= 15 is 0 Å². The lowest BCUT2D eigenvalue weighted by Gasteiger charge is -2.36. The minimum absolute atomic E-state index is 0.0277. The topological polar surface area (TPSA) is 80.4 Å². The maximum Gasteiger partial charge on any atom is 0.267 e. The number of thioether (sulfide) groups is 1. The Morgan fingerprint density at radius 2 is 2.16 bits per heavy atom. The molecule has 0 amide bonds. The standard InChI is InChI=1S/C22H29N7OS/c1-16-12-20-22(23-6-8-28(20)25-16)24-14-18-4-2-3-7-27(18)9-10-29-21(30)13-17-15-31-11-5-19(17)26-29/h6,8,12-13,18H,2-5,7,9-11,14-15H2,1H3,(H,23,24).